The van der Waals surface area contributed by atoms with Gasteiger partial charge in [-0.2, -0.15) is 5.10 Å². The SMILES string of the molecule is Cc1cc(Nc2cc(C(F)F)ccn2)nc(-c2ccc([C@](C)(O)[C@H]3CC[C@H](C(=O)OCOC(=O)c4cnn(C)c4)CC3)nc2)c1. The number of ether oxygens (including phenoxy) is 2. The fourth-order valence-electron chi connectivity index (χ4n) is 5.48. The van der Waals surface area contributed by atoms with Crippen LogP contribution in [0.5, 0.6) is 0 Å². The van der Waals surface area contributed by atoms with Crippen molar-refractivity contribution in [3.63, 3.8) is 0 Å². The molecular formula is C32H34F2N6O5. The Labute approximate surface area is 258 Å². The zero-order chi connectivity index (χ0) is 32.1. The summed E-state index contributed by atoms with van der Waals surface area (Å²) in [5.41, 5.74) is 1.62. The molecule has 1 aliphatic rings. The van der Waals surface area contributed by atoms with Crippen LogP contribution in [0.15, 0.2) is 61.2 Å². The molecule has 2 N–H and O–H groups in total. The van der Waals surface area contributed by atoms with Crippen molar-refractivity contribution in [2.45, 2.75) is 51.6 Å². The topological polar surface area (TPSA) is 141 Å². The maximum Gasteiger partial charge on any atom is 0.344 e. The van der Waals surface area contributed by atoms with Crippen molar-refractivity contribution in [2.75, 3.05) is 12.1 Å². The number of aliphatic hydroxyl groups is 1. The maximum absolute atomic E-state index is 13.1. The second-order valence-corrected chi connectivity index (χ2v) is 11.4. The summed E-state index contributed by atoms with van der Waals surface area (Å²) in [6.45, 7) is 3.15. The molecule has 1 fully saturated rings. The average Bonchev–Trinajstić information content (AvgIpc) is 3.47. The van der Waals surface area contributed by atoms with Crippen molar-refractivity contribution in [3.05, 3.63) is 83.6 Å². The van der Waals surface area contributed by atoms with Crippen molar-refractivity contribution >= 4 is 23.6 Å². The number of carbonyl (C=O) groups is 2. The summed E-state index contributed by atoms with van der Waals surface area (Å²) in [6.07, 6.45) is 5.44. The normalized spacial score (nSPS) is 17.8. The standard InChI is InChI=1S/C32H34F2N6O5/c1-19-12-25(38-28(13-19)39-27-14-21(29(33)34)10-11-35-27)22-6-9-26(36-15-22)32(2,43)24-7-4-20(5-8-24)30(41)44-18-45-31(42)23-16-37-40(3)17-23/h6,9-17,20,24,29,43H,4-5,7-8,18H2,1-3H3,(H,35,38,39)/t20-,24-,32-/m1/s1. The van der Waals surface area contributed by atoms with Crippen LogP contribution in [0.1, 0.15) is 66.2 Å². The highest BCUT2D eigenvalue weighted by atomic mass is 19.3. The second-order valence-electron chi connectivity index (χ2n) is 11.4. The summed E-state index contributed by atoms with van der Waals surface area (Å²) in [4.78, 5) is 37.8. The number of hydrogen-bond donors (Lipinski definition) is 2. The first-order valence-corrected chi connectivity index (χ1v) is 14.5. The average molecular weight is 621 g/mol. The molecule has 0 aromatic carbocycles. The Hall–Kier alpha value is -4.78. The molecule has 0 aliphatic heterocycles. The van der Waals surface area contributed by atoms with Gasteiger partial charge < -0.3 is 19.9 Å². The minimum atomic E-state index is -2.61. The van der Waals surface area contributed by atoms with E-state index in [1.165, 1.54) is 35.4 Å². The highest BCUT2D eigenvalue weighted by molar-refractivity contribution is 5.88. The van der Waals surface area contributed by atoms with Crippen LogP contribution in [0.2, 0.25) is 0 Å². The molecule has 4 heterocycles. The summed E-state index contributed by atoms with van der Waals surface area (Å²) in [5, 5.41) is 18.4. The van der Waals surface area contributed by atoms with Crippen molar-refractivity contribution in [1.29, 1.82) is 0 Å². The molecule has 45 heavy (non-hydrogen) atoms. The third-order valence-electron chi connectivity index (χ3n) is 8.03. The van der Waals surface area contributed by atoms with Gasteiger partial charge in [0, 0.05) is 36.8 Å². The number of rotatable bonds is 10. The molecule has 0 saturated heterocycles. The number of nitrogens with one attached hydrogen (secondary N) is 1. The van der Waals surface area contributed by atoms with Gasteiger partial charge in [0.05, 0.1) is 29.1 Å². The smallest absolute Gasteiger partial charge is 0.344 e. The first kappa shape index (κ1) is 31.6. The van der Waals surface area contributed by atoms with Crippen molar-refractivity contribution in [3.8, 4) is 11.3 Å². The quantitative estimate of drug-likeness (QED) is 0.169. The van der Waals surface area contributed by atoms with Gasteiger partial charge in [0.25, 0.3) is 6.43 Å². The summed E-state index contributed by atoms with van der Waals surface area (Å²) < 4.78 is 37.9. The number of aromatic nitrogens is 5. The zero-order valence-corrected chi connectivity index (χ0v) is 25.1. The number of aryl methyl sites for hydroxylation is 2. The lowest BCUT2D eigenvalue weighted by atomic mass is 9.73. The van der Waals surface area contributed by atoms with E-state index in [1.807, 2.05) is 19.1 Å². The van der Waals surface area contributed by atoms with Gasteiger partial charge in [-0.1, -0.05) is 0 Å². The lowest BCUT2D eigenvalue weighted by Gasteiger charge is -2.37. The molecule has 4 aromatic rings. The van der Waals surface area contributed by atoms with Crippen LogP contribution in [0.25, 0.3) is 11.3 Å². The number of anilines is 2. The van der Waals surface area contributed by atoms with Crippen LogP contribution in [0, 0.1) is 18.8 Å². The van der Waals surface area contributed by atoms with E-state index in [4.69, 9.17) is 9.47 Å². The highest BCUT2D eigenvalue weighted by Crippen LogP contribution is 2.41. The van der Waals surface area contributed by atoms with Gasteiger partial charge in [0.1, 0.15) is 17.2 Å². The molecule has 236 valence electrons. The van der Waals surface area contributed by atoms with E-state index in [0.29, 0.717) is 48.5 Å². The number of carbonyl (C=O) groups excluding carboxylic acids is 2. The minimum absolute atomic E-state index is 0.132. The Morgan fingerprint density at radius 3 is 2.51 bits per heavy atom. The largest absolute Gasteiger partial charge is 0.428 e. The van der Waals surface area contributed by atoms with E-state index in [-0.39, 0.29) is 28.8 Å². The van der Waals surface area contributed by atoms with Crippen molar-refractivity contribution in [1.82, 2.24) is 24.7 Å². The Balaban J connectivity index is 1.16. The molecule has 1 saturated carbocycles. The molecule has 0 bridgehead atoms. The Morgan fingerprint density at radius 1 is 1.07 bits per heavy atom. The highest BCUT2D eigenvalue weighted by Gasteiger charge is 2.39. The predicted octanol–water partition coefficient (Wildman–Crippen LogP) is 5.63. The molecule has 4 aromatic heterocycles. The van der Waals surface area contributed by atoms with E-state index in [2.05, 4.69) is 25.4 Å². The lowest BCUT2D eigenvalue weighted by molar-refractivity contribution is -0.159. The lowest BCUT2D eigenvalue weighted by Crippen LogP contribution is -2.37. The Kier molecular flexibility index (Phi) is 9.47. The fraction of sp³-hybridized carbons (Fsp3) is 0.375. The molecule has 1 aliphatic carbocycles. The fourth-order valence-corrected chi connectivity index (χ4v) is 5.48. The molecular weight excluding hydrogens is 586 g/mol. The van der Waals surface area contributed by atoms with E-state index in [9.17, 15) is 23.5 Å². The molecule has 11 nitrogen and oxygen atoms in total. The summed E-state index contributed by atoms with van der Waals surface area (Å²) in [7, 11) is 1.68. The third kappa shape index (κ3) is 7.66. The third-order valence-corrected chi connectivity index (χ3v) is 8.03. The maximum atomic E-state index is 13.1. The summed E-state index contributed by atoms with van der Waals surface area (Å²) in [6, 6.07) is 9.80. The number of halogens is 2. The van der Waals surface area contributed by atoms with Gasteiger partial charge in [-0.25, -0.2) is 23.5 Å². The van der Waals surface area contributed by atoms with Crippen LogP contribution in [0.3, 0.4) is 0 Å². The van der Waals surface area contributed by atoms with E-state index in [0.717, 1.165) is 5.56 Å². The first-order chi connectivity index (χ1) is 21.5. The van der Waals surface area contributed by atoms with Crippen molar-refractivity contribution in [2.24, 2.45) is 18.9 Å². The second kappa shape index (κ2) is 13.5. The molecule has 1 atom stereocenters. The number of esters is 2. The van der Waals surface area contributed by atoms with Gasteiger partial charge in [-0.15, -0.1) is 0 Å². The Bertz CT molecular complexity index is 1650. The number of hydrogen-bond acceptors (Lipinski definition) is 10. The molecule has 13 heteroatoms. The molecule has 0 amide bonds. The van der Waals surface area contributed by atoms with Crippen LogP contribution in [0.4, 0.5) is 20.4 Å². The van der Waals surface area contributed by atoms with Gasteiger partial charge in [-0.05, 0) is 87.4 Å². The van der Waals surface area contributed by atoms with Gasteiger partial charge in [0.2, 0.25) is 6.79 Å². The van der Waals surface area contributed by atoms with Gasteiger partial charge in [-0.3, -0.25) is 14.5 Å². The molecule has 5 rings (SSSR count). The van der Waals surface area contributed by atoms with E-state index < -0.39 is 30.8 Å². The Morgan fingerprint density at radius 2 is 1.84 bits per heavy atom. The summed E-state index contributed by atoms with van der Waals surface area (Å²) >= 11 is 0. The van der Waals surface area contributed by atoms with Crippen molar-refractivity contribution < 1.29 is 33.0 Å². The van der Waals surface area contributed by atoms with E-state index in [1.54, 1.807) is 32.3 Å². The molecule has 0 unspecified atom stereocenters. The van der Waals surface area contributed by atoms with Crippen LogP contribution >= 0.6 is 0 Å². The number of pyridine rings is 3. The number of alkyl halides is 2. The molecule has 0 radical (unpaired) electrons. The minimum Gasteiger partial charge on any atom is -0.428 e. The first-order valence-electron chi connectivity index (χ1n) is 14.5. The van der Waals surface area contributed by atoms with Gasteiger partial charge >= 0.3 is 11.9 Å². The zero-order valence-electron chi connectivity index (χ0n) is 25.1. The van der Waals surface area contributed by atoms with Crippen LogP contribution in [-0.4, -0.2) is 48.6 Å². The number of nitrogens with zero attached hydrogens (tertiary/aromatic N) is 5. The summed E-state index contributed by atoms with van der Waals surface area (Å²) in [5.74, 6) is -0.845. The van der Waals surface area contributed by atoms with Crippen LogP contribution in [-0.2, 0) is 26.9 Å². The van der Waals surface area contributed by atoms with E-state index >= 15 is 0 Å². The van der Waals surface area contributed by atoms with Gasteiger partial charge in [0.15, 0.2) is 0 Å². The van der Waals surface area contributed by atoms with Crippen LogP contribution < -0.4 is 5.32 Å². The monoisotopic (exact) mass is 620 g/mol. The molecule has 0 spiro atoms. The predicted molar refractivity (Wildman–Crippen MR) is 159 cm³/mol.